The summed E-state index contributed by atoms with van der Waals surface area (Å²) in [7, 11) is 0. The van der Waals surface area contributed by atoms with E-state index in [-0.39, 0.29) is 22.9 Å². The molecule has 1 unspecified atom stereocenters. The van der Waals surface area contributed by atoms with E-state index in [1.54, 1.807) is 0 Å². The highest BCUT2D eigenvalue weighted by Crippen LogP contribution is 2.18. The average Bonchev–Trinajstić information content (AvgIpc) is 2.29. The van der Waals surface area contributed by atoms with Crippen LogP contribution in [0.2, 0.25) is 0 Å². The molecule has 0 spiro atoms. The summed E-state index contributed by atoms with van der Waals surface area (Å²) in [5, 5.41) is 2.78. The van der Waals surface area contributed by atoms with Gasteiger partial charge >= 0.3 is 0 Å². The van der Waals surface area contributed by atoms with Crippen molar-refractivity contribution in [2.24, 2.45) is 5.73 Å². The van der Waals surface area contributed by atoms with Crippen LogP contribution in [0.4, 0.5) is 0 Å². The van der Waals surface area contributed by atoms with Crippen molar-refractivity contribution in [1.82, 2.24) is 5.32 Å². The van der Waals surface area contributed by atoms with Crippen molar-refractivity contribution in [2.75, 3.05) is 6.54 Å². The predicted molar refractivity (Wildman–Crippen MR) is 60.4 cm³/mol. The number of benzene rings is 1. The Morgan fingerprint density at radius 3 is 2.86 bits per heavy atom. The second-order valence-electron chi connectivity index (χ2n) is 3.22. The highest BCUT2D eigenvalue weighted by Gasteiger charge is 2.20. The summed E-state index contributed by atoms with van der Waals surface area (Å²) >= 11 is 0. The van der Waals surface area contributed by atoms with Crippen LogP contribution in [0.5, 0.6) is 0 Å². The lowest BCUT2D eigenvalue weighted by atomic mass is 10.00. The summed E-state index contributed by atoms with van der Waals surface area (Å²) in [5.74, 6) is -0.0787. The highest BCUT2D eigenvalue weighted by atomic mass is 79.9. The Kier molecular flexibility index (Phi) is 3.66. The highest BCUT2D eigenvalue weighted by molar-refractivity contribution is 8.93. The fraction of sp³-hybridized carbons (Fsp3) is 0.300. The van der Waals surface area contributed by atoms with Crippen molar-refractivity contribution in [3.8, 4) is 0 Å². The molecule has 0 aromatic heterocycles. The first-order chi connectivity index (χ1) is 6.29. The first kappa shape index (κ1) is 11.2. The van der Waals surface area contributed by atoms with Crippen molar-refractivity contribution < 1.29 is 4.79 Å². The molecule has 0 fully saturated rings. The largest absolute Gasteiger partial charge is 0.354 e. The summed E-state index contributed by atoms with van der Waals surface area (Å²) in [6.45, 7) is 0.684. The molecule has 1 atom stereocenters. The van der Waals surface area contributed by atoms with Gasteiger partial charge in [-0.3, -0.25) is 4.79 Å². The zero-order valence-electron chi connectivity index (χ0n) is 7.69. The van der Waals surface area contributed by atoms with Crippen molar-refractivity contribution >= 4 is 22.9 Å². The summed E-state index contributed by atoms with van der Waals surface area (Å²) in [4.78, 5) is 11.3. The Bertz CT molecular complexity index is 341. The van der Waals surface area contributed by atoms with Crippen LogP contribution >= 0.6 is 17.0 Å². The summed E-state index contributed by atoms with van der Waals surface area (Å²) in [6.07, 6.45) is 0.871. The Hall–Kier alpha value is -0.870. The van der Waals surface area contributed by atoms with E-state index in [1.165, 1.54) is 5.56 Å². The Morgan fingerprint density at radius 2 is 2.07 bits per heavy atom. The standard InChI is InChI=1S/C10H12N2O.BrH/c11-9-8-4-2-1-3-7(8)5-6-12-10(9)13;/h1-4,9H,5-6,11H2,(H,12,13);1H. The maximum atomic E-state index is 11.3. The SMILES string of the molecule is Br.NC1C(=O)NCCc2ccccc21. The fourth-order valence-corrected chi connectivity index (χ4v) is 1.64. The van der Waals surface area contributed by atoms with Crippen LogP contribution in [-0.2, 0) is 11.2 Å². The molecule has 1 aromatic rings. The third kappa shape index (κ3) is 1.96. The number of carbonyl (C=O) groups excluding carboxylic acids is 1. The third-order valence-electron chi connectivity index (χ3n) is 2.37. The van der Waals surface area contributed by atoms with Crippen molar-refractivity contribution in [3.05, 3.63) is 35.4 Å². The molecule has 14 heavy (non-hydrogen) atoms. The van der Waals surface area contributed by atoms with Crippen molar-refractivity contribution in [2.45, 2.75) is 12.5 Å². The number of halogens is 1. The van der Waals surface area contributed by atoms with E-state index < -0.39 is 6.04 Å². The van der Waals surface area contributed by atoms with Crippen LogP contribution < -0.4 is 11.1 Å². The van der Waals surface area contributed by atoms with Gasteiger partial charge in [0, 0.05) is 6.54 Å². The van der Waals surface area contributed by atoms with E-state index in [4.69, 9.17) is 5.73 Å². The van der Waals surface area contributed by atoms with Gasteiger partial charge in [0.05, 0.1) is 0 Å². The van der Waals surface area contributed by atoms with E-state index in [1.807, 2.05) is 24.3 Å². The van der Waals surface area contributed by atoms with E-state index >= 15 is 0 Å². The normalized spacial score (nSPS) is 20.1. The van der Waals surface area contributed by atoms with Crippen LogP contribution in [0.3, 0.4) is 0 Å². The van der Waals surface area contributed by atoms with Crippen LogP contribution in [0, 0.1) is 0 Å². The number of hydrogen-bond acceptors (Lipinski definition) is 2. The molecule has 1 aliphatic heterocycles. The summed E-state index contributed by atoms with van der Waals surface area (Å²) in [5.41, 5.74) is 7.91. The lowest BCUT2D eigenvalue weighted by Gasteiger charge is -2.09. The van der Waals surface area contributed by atoms with Crippen LogP contribution in [0.1, 0.15) is 17.2 Å². The average molecular weight is 257 g/mol. The molecule has 1 amide bonds. The molecular weight excluding hydrogens is 244 g/mol. The number of fused-ring (bicyclic) bond motifs is 1. The Morgan fingerprint density at radius 1 is 1.36 bits per heavy atom. The maximum Gasteiger partial charge on any atom is 0.241 e. The minimum Gasteiger partial charge on any atom is -0.354 e. The summed E-state index contributed by atoms with van der Waals surface area (Å²) in [6, 6.07) is 7.33. The van der Waals surface area contributed by atoms with Gasteiger partial charge < -0.3 is 11.1 Å². The Balaban J connectivity index is 0.000000980. The summed E-state index contributed by atoms with van der Waals surface area (Å²) < 4.78 is 0. The van der Waals surface area contributed by atoms with Crippen LogP contribution in [-0.4, -0.2) is 12.5 Å². The quantitative estimate of drug-likeness (QED) is 0.726. The lowest BCUT2D eigenvalue weighted by Crippen LogP contribution is -2.32. The van der Waals surface area contributed by atoms with Gasteiger partial charge in [0.15, 0.2) is 0 Å². The number of nitrogens with one attached hydrogen (secondary N) is 1. The van der Waals surface area contributed by atoms with Gasteiger partial charge in [0.25, 0.3) is 0 Å². The molecule has 0 bridgehead atoms. The van der Waals surface area contributed by atoms with Crippen molar-refractivity contribution in [1.29, 1.82) is 0 Å². The molecule has 0 saturated heterocycles. The lowest BCUT2D eigenvalue weighted by molar-refractivity contribution is -0.122. The third-order valence-corrected chi connectivity index (χ3v) is 2.37. The van der Waals surface area contributed by atoms with Gasteiger partial charge in [-0.1, -0.05) is 24.3 Å². The molecule has 0 radical (unpaired) electrons. The van der Waals surface area contributed by atoms with Gasteiger partial charge in [-0.05, 0) is 17.5 Å². The Labute approximate surface area is 93.4 Å². The van der Waals surface area contributed by atoms with E-state index in [0.717, 1.165) is 12.0 Å². The number of rotatable bonds is 0. The zero-order valence-corrected chi connectivity index (χ0v) is 9.41. The van der Waals surface area contributed by atoms with Gasteiger partial charge in [-0.15, -0.1) is 17.0 Å². The number of nitrogens with two attached hydrogens (primary N) is 1. The fourth-order valence-electron chi connectivity index (χ4n) is 1.64. The molecule has 4 heteroatoms. The van der Waals surface area contributed by atoms with Gasteiger partial charge in [0.2, 0.25) is 5.91 Å². The number of amides is 1. The van der Waals surface area contributed by atoms with Gasteiger partial charge in [-0.25, -0.2) is 0 Å². The molecule has 0 aliphatic carbocycles. The molecule has 3 nitrogen and oxygen atoms in total. The van der Waals surface area contributed by atoms with E-state index in [0.29, 0.717) is 6.54 Å². The number of hydrogen-bond donors (Lipinski definition) is 2. The molecule has 0 saturated carbocycles. The molecule has 1 aliphatic rings. The topological polar surface area (TPSA) is 55.1 Å². The molecule has 1 heterocycles. The first-order valence-electron chi connectivity index (χ1n) is 4.40. The van der Waals surface area contributed by atoms with Crippen molar-refractivity contribution in [3.63, 3.8) is 0 Å². The molecule has 1 aromatic carbocycles. The first-order valence-corrected chi connectivity index (χ1v) is 4.40. The number of carbonyl (C=O) groups is 1. The van der Waals surface area contributed by atoms with E-state index in [9.17, 15) is 4.79 Å². The van der Waals surface area contributed by atoms with Crippen LogP contribution in [0.25, 0.3) is 0 Å². The van der Waals surface area contributed by atoms with Gasteiger partial charge in [0.1, 0.15) is 6.04 Å². The second kappa shape index (κ2) is 4.57. The molecule has 3 N–H and O–H groups in total. The van der Waals surface area contributed by atoms with Gasteiger partial charge in [-0.2, -0.15) is 0 Å². The molecule has 76 valence electrons. The predicted octanol–water partition coefficient (Wildman–Crippen LogP) is 0.937. The smallest absolute Gasteiger partial charge is 0.241 e. The maximum absolute atomic E-state index is 11.3. The van der Waals surface area contributed by atoms with Crippen LogP contribution in [0.15, 0.2) is 24.3 Å². The van der Waals surface area contributed by atoms with E-state index in [2.05, 4.69) is 5.32 Å². The molecule has 2 rings (SSSR count). The monoisotopic (exact) mass is 256 g/mol. The minimum absolute atomic E-state index is 0. The minimum atomic E-state index is -0.501. The zero-order chi connectivity index (χ0) is 9.26. The second-order valence-corrected chi connectivity index (χ2v) is 3.22. The molecular formula is C10H13BrN2O.